The Labute approximate surface area is 144 Å². The Morgan fingerprint density at radius 1 is 1.04 bits per heavy atom. The molecule has 0 saturated carbocycles. The van der Waals surface area contributed by atoms with Crippen molar-refractivity contribution in [3.8, 4) is 0 Å². The molecule has 0 saturated heterocycles. The molecule has 0 radical (unpaired) electrons. The number of rotatable bonds is 5. The third kappa shape index (κ3) is 4.34. The van der Waals surface area contributed by atoms with Crippen molar-refractivity contribution >= 4 is 40.7 Å². The smallest absolute Gasteiger partial charge is 0.257 e. The Kier molecular flexibility index (Phi) is 5.79. The highest BCUT2D eigenvalue weighted by Crippen LogP contribution is 2.23. The highest BCUT2D eigenvalue weighted by molar-refractivity contribution is 6.37. The van der Waals surface area contributed by atoms with Gasteiger partial charge in [-0.25, -0.2) is 0 Å². The van der Waals surface area contributed by atoms with E-state index < -0.39 is 5.91 Å². The van der Waals surface area contributed by atoms with Crippen LogP contribution in [0.2, 0.25) is 10.0 Å². The Morgan fingerprint density at radius 3 is 2.48 bits per heavy atom. The van der Waals surface area contributed by atoms with Gasteiger partial charge in [-0.1, -0.05) is 41.4 Å². The number of carbonyl (C=O) groups excluding carboxylic acids is 2. The van der Waals surface area contributed by atoms with E-state index in [4.69, 9.17) is 23.2 Å². The zero-order chi connectivity index (χ0) is 16.8. The van der Waals surface area contributed by atoms with E-state index in [1.54, 1.807) is 36.4 Å². The Hall–Kier alpha value is -2.30. The largest absolute Gasteiger partial charge is 0.349 e. The molecule has 2 aromatic rings. The number of hydrogen-bond acceptors (Lipinski definition) is 2. The maximum atomic E-state index is 12.3. The van der Waals surface area contributed by atoms with Crippen molar-refractivity contribution in [2.24, 2.45) is 0 Å². The standard InChI is InChI=1S/C17H14Cl2N2O2/c1-2-9-20-16(22)13-5-3-4-6-15(13)21-17(23)12-8-7-11(18)10-14(12)19/h2-8,10H,1,9H2,(H,20,22)(H,21,23). The van der Waals surface area contributed by atoms with E-state index in [0.29, 0.717) is 22.8 Å². The van der Waals surface area contributed by atoms with Crippen molar-refractivity contribution in [2.75, 3.05) is 11.9 Å². The molecule has 6 heteroatoms. The molecule has 0 aliphatic heterocycles. The Balaban J connectivity index is 2.24. The lowest BCUT2D eigenvalue weighted by Gasteiger charge is -2.11. The van der Waals surface area contributed by atoms with E-state index in [1.165, 1.54) is 12.1 Å². The second-order valence-corrected chi connectivity index (χ2v) is 5.47. The number of benzene rings is 2. The fourth-order valence-corrected chi connectivity index (χ4v) is 2.41. The van der Waals surface area contributed by atoms with Gasteiger partial charge in [-0.15, -0.1) is 6.58 Å². The maximum Gasteiger partial charge on any atom is 0.257 e. The lowest BCUT2D eigenvalue weighted by Crippen LogP contribution is -2.25. The van der Waals surface area contributed by atoms with Gasteiger partial charge in [0.15, 0.2) is 0 Å². The van der Waals surface area contributed by atoms with Crippen LogP contribution in [-0.4, -0.2) is 18.4 Å². The van der Waals surface area contributed by atoms with Gasteiger partial charge in [0.2, 0.25) is 0 Å². The van der Waals surface area contributed by atoms with E-state index >= 15 is 0 Å². The van der Waals surface area contributed by atoms with Crippen LogP contribution in [0.1, 0.15) is 20.7 Å². The molecule has 0 aliphatic rings. The molecule has 0 aliphatic carbocycles. The molecule has 2 aromatic carbocycles. The van der Waals surface area contributed by atoms with Crippen LogP contribution in [0.15, 0.2) is 55.1 Å². The van der Waals surface area contributed by atoms with Crippen LogP contribution < -0.4 is 10.6 Å². The first-order valence-electron chi connectivity index (χ1n) is 6.77. The van der Waals surface area contributed by atoms with Gasteiger partial charge in [0.05, 0.1) is 21.8 Å². The molecule has 0 aromatic heterocycles. The van der Waals surface area contributed by atoms with Gasteiger partial charge >= 0.3 is 0 Å². The maximum absolute atomic E-state index is 12.3. The second-order valence-electron chi connectivity index (χ2n) is 4.62. The highest BCUT2D eigenvalue weighted by atomic mass is 35.5. The molecule has 23 heavy (non-hydrogen) atoms. The van der Waals surface area contributed by atoms with Crippen LogP contribution in [0.4, 0.5) is 5.69 Å². The summed E-state index contributed by atoms with van der Waals surface area (Å²) in [5, 5.41) is 6.04. The third-order valence-electron chi connectivity index (χ3n) is 3.00. The summed E-state index contributed by atoms with van der Waals surface area (Å²) in [6.07, 6.45) is 1.58. The molecule has 2 rings (SSSR count). The molecule has 0 heterocycles. The minimum atomic E-state index is -0.421. The molecule has 0 atom stereocenters. The van der Waals surface area contributed by atoms with Gasteiger partial charge in [-0.05, 0) is 30.3 Å². The number of para-hydroxylation sites is 1. The summed E-state index contributed by atoms with van der Waals surface area (Å²) in [5.41, 5.74) is 1.02. The summed E-state index contributed by atoms with van der Waals surface area (Å²) in [7, 11) is 0. The minimum absolute atomic E-state index is 0.239. The number of hydrogen-bond donors (Lipinski definition) is 2. The molecule has 118 valence electrons. The summed E-state index contributed by atoms with van der Waals surface area (Å²) in [4.78, 5) is 24.4. The van der Waals surface area contributed by atoms with Gasteiger partial charge in [0.25, 0.3) is 11.8 Å². The summed E-state index contributed by atoms with van der Waals surface area (Å²) < 4.78 is 0. The monoisotopic (exact) mass is 348 g/mol. The quantitative estimate of drug-likeness (QED) is 0.797. The van der Waals surface area contributed by atoms with E-state index in [-0.39, 0.29) is 16.5 Å². The fourth-order valence-electron chi connectivity index (χ4n) is 1.91. The van der Waals surface area contributed by atoms with E-state index in [9.17, 15) is 9.59 Å². The van der Waals surface area contributed by atoms with Crippen molar-refractivity contribution in [3.63, 3.8) is 0 Å². The lowest BCUT2D eigenvalue weighted by molar-refractivity contribution is 0.0959. The minimum Gasteiger partial charge on any atom is -0.349 e. The first-order valence-corrected chi connectivity index (χ1v) is 7.53. The predicted molar refractivity (Wildman–Crippen MR) is 93.4 cm³/mol. The summed E-state index contributed by atoms with van der Waals surface area (Å²) in [5.74, 6) is -0.723. The van der Waals surface area contributed by atoms with Crippen molar-refractivity contribution < 1.29 is 9.59 Å². The van der Waals surface area contributed by atoms with Crippen LogP contribution in [0, 0.1) is 0 Å². The van der Waals surface area contributed by atoms with E-state index in [0.717, 1.165) is 0 Å². The van der Waals surface area contributed by atoms with Crippen LogP contribution >= 0.6 is 23.2 Å². The van der Waals surface area contributed by atoms with E-state index in [2.05, 4.69) is 17.2 Å². The van der Waals surface area contributed by atoms with Crippen molar-refractivity contribution in [1.82, 2.24) is 5.32 Å². The normalized spacial score (nSPS) is 10.0. The van der Waals surface area contributed by atoms with Gasteiger partial charge in [0, 0.05) is 11.6 Å². The Morgan fingerprint density at radius 2 is 1.78 bits per heavy atom. The number of anilines is 1. The fraction of sp³-hybridized carbons (Fsp3) is 0.0588. The number of carbonyl (C=O) groups is 2. The molecule has 2 N–H and O–H groups in total. The SMILES string of the molecule is C=CCNC(=O)c1ccccc1NC(=O)c1ccc(Cl)cc1Cl. The van der Waals surface area contributed by atoms with Crippen molar-refractivity contribution in [3.05, 3.63) is 76.3 Å². The van der Waals surface area contributed by atoms with Crippen LogP contribution in [0.5, 0.6) is 0 Å². The topological polar surface area (TPSA) is 58.2 Å². The van der Waals surface area contributed by atoms with Crippen LogP contribution in [-0.2, 0) is 0 Å². The molecule has 0 spiro atoms. The second kappa shape index (κ2) is 7.81. The zero-order valence-electron chi connectivity index (χ0n) is 12.1. The van der Waals surface area contributed by atoms with E-state index in [1.807, 2.05) is 0 Å². The molecule has 2 amide bonds. The zero-order valence-corrected chi connectivity index (χ0v) is 13.6. The van der Waals surface area contributed by atoms with Gasteiger partial charge in [0.1, 0.15) is 0 Å². The Bertz CT molecular complexity index is 760. The first-order chi connectivity index (χ1) is 11.0. The molecule has 0 fully saturated rings. The average molecular weight is 349 g/mol. The van der Waals surface area contributed by atoms with Crippen molar-refractivity contribution in [2.45, 2.75) is 0 Å². The lowest BCUT2D eigenvalue weighted by atomic mass is 10.1. The predicted octanol–water partition coefficient (Wildman–Crippen LogP) is 4.16. The molecule has 4 nitrogen and oxygen atoms in total. The van der Waals surface area contributed by atoms with Gasteiger partial charge in [-0.3, -0.25) is 9.59 Å². The number of halogens is 2. The van der Waals surface area contributed by atoms with Crippen molar-refractivity contribution in [1.29, 1.82) is 0 Å². The summed E-state index contributed by atoms with van der Waals surface area (Å²) >= 11 is 11.8. The first kappa shape index (κ1) is 17.1. The van der Waals surface area contributed by atoms with Crippen LogP contribution in [0.25, 0.3) is 0 Å². The van der Waals surface area contributed by atoms with Gasteiger partial charge < -0.3 is 10.6 Å². The number of amides is 2. The van der Waals surface area contributed by atoms with Crippen LogP contribution in [0.3, 0.4) is 0 Å². The molecule has 0 unspecified atom stereocenters. The third-order valence-corrected chi connectivity index (χ3v) is 3.55. The molecular formula is C17H14Cl2N2O2. The van der Waals surface area contributed by atoms with Gasteiger partial charge in [-0.2, -0.15) is 0 Å². The molecule has 0 bridgehead atoms. The average Bonchev–Trinajstić information content (AvgIpc) is 2.53. The summed E-state index contributed by atoms with van der Waals surface area (Å²) in [6, 6.07) is 11.3. The number of nitrogens with one attached hydrogen (secondary N) is 2. The summed E-state index contributed by atoms with van der Waals surface area (Å²) in [6.45, 7) is 3.88. The highest BCUT2D eigenvalue weighted by Gasteiger charge is 2.15. The molecular weight excluding hydrogens is 335 g/mol.